The quantitative estimate of drug-likeness (QED) is 0.844. The van der Waals surface area contributed by atoms with Gasteiger partial charge in [-0.3, -0.25) is 9.69 Å². The fourth-order valence-electron chi connectivity index (χ4n) is 4.65. The van der Waals surface area contributed by atoms with Crippen LogP contribution in [-0.2, 0) is 6.54 Å². The summed E-state index contributed by atoms with van der Waals surface area (Å²) >= 11 is 0. The molecule has 0 radical (unpaired) electrons. The molecule has 1 unspecified atom stereocenters. The molecule has 0 aromatic carbocycles. The van der Waals surface area contributed by atoms with Gasteiger partial charge in [-0.25, -0.2) is 0 Å². The Morgan fingerprint density at radius 3 is 2.56 bits per heavy atom. The third-order valence-electron chi connectivity index (χ3n) is 6.27. The molecule has 1 amide bonds. The normalized spacial score (nSPS) is 26.0. The van der Waals surface area contributed by atoms with Crippen LogP contribution in [0, 0.1) is 0 Å². The Kier molecular flexibility index (Phi) is 6.10. The summed E-state index contributed by atoms with van der Waals surface area (Å²) in [6.07, 6.45) is 7.33. The largest absolute Gasteiger partial charge is 0.393 e. The van der Waals surface area contributed by atoms with Gasteiger partial charge in [-0.05, 0) is 58.0 Å². The first-order valence-corrected chi connectivity index (χ1v) is 10.6. The fraction of sp³-hybridized carbons (Fsp3) is 0.800. The third kappa shape index (κ3) is 4.70. The van der Waals surface area contributed by atoms with Gasteiger partial charge in [0.15, 0.2) is 11.5 Å². The van der Waals surface area contributed by atoms with Gasteiger partial charge in [0.1, 0.15) is 0 Å². The molecule has 3 saturated heterocycles. The van der Waals surface area contributed by atoms with E-state index >= 15 is 0 Å². The number of rotatable bonds is 5. The molecule has 1 aromatic rings. The van der Waals surface area contributed by atoms with Crippen molar-refractivity contribution in [1.29, 1.82) is 0 Å². The zero-order valence-electron chi connectivity index (χ0n) is 16.2. The molecule has 1 atom stereocenters. The van der Waals surface area contributed by atoms with Crippen LogP contribution in [0.1, 0.15) is 61.2 Å². The summed E-state index contributed by atoms with van der Waals surface area (Å²) in [6.45, 7) is 6.51. The number of aliphatic hydroxyl groups excluding tert-OH is 1. The third-order valence-corrected chi connectivity index (χ3v) is 6.27. The number of piperidine rings is 2. The first-order chi connectivity index (χ1) is 13.2. The van der Waals surface area contributed by atoms with Crippen molar-refractivity contribution in [2.24, 2.45) is 0 Å². The topological polar surface area (TPSA) is 73.0 Å². The van der Waals surface area contributed by atoms with E-state index in [1.807, 2.05) is 11.0 Å². The van der Waals surface area contributed by atoms with Gasteiger partial charge in [0.05, 0.1) is 12.6 Å². The van der Waals surface area contributed by atoms with E-state index in [2.05, 4.69) is 15.0 Å². The molecule has 27 heavy (non-hydrogen) atoms. The second-order valence-corrected chi connectivity index (χ2v) is 8.34. The Balaban J connectivity index is 1.36. The Bertz CT molecular complexity index is 620. The predicted molar refractivity (Wildman–Crippen MR) is 101 cm³/mol. The molecule has 7 heteroatoms. The summed E-state index contributed by atoms with van der Waals surface area (Å²) in [7, 11) is 0. The number of likely N-dealkylation sites (tertiary alicyclic amines) is 3. The van der Waals surface area contributed by atoms with Crippen LogP contribution in [0.4, 0.5) is 0 Å². The lowest BCUT2D eigenvalue weighted by Crippen LogP contribution is -2.49. The number of aromatic nitrogens is 1. The van der Waals surface area contributed by atoms with E-state index in [1.54, 1.807) is 0 Å². The number of hydrogen-bond acceptors (Lipinski definition) is 6. The molecule has 0 bridgehead atoms. The fourth-order valence-corrected chi connectivity index (χ4v) is 4.65. The van der Waals surface area contributed by atoms with Crippen molar-refractivity contribution in [2.75, 3.05) is 39.3 Å². The molecule has 0 spiro atoms. The van der Waals surface area contributed by atoms with Crippen LogP contribution in [0.5, 0.6) is 0 Å². The molecular formula is C20H32N4O3. The molecule has 0 aliphatic carbocycles. The monoisotopic (exact) mass is 376 g/mol. The lowest BCUT2D eigenvalue weighted by Gasteiger charge is -2.37. The summed E-state index contributed by atoms with van der Waals surface area (Å²) in [5, 5.41) is 13.7. The first-order valence-electron chi connectivity index (χ1n) is 10.6. The Morgan fingerprint density at radius 1 is 1.04 bits per heavy atom. The van der Waals surface area contributed by atoms with Crippen molar-refractivity contribution in [3.05, 3.63) is 17.5 Å². The molecule has 1 aromatic heterocycles. The van der Waals surface area contributed by atoms with E-state index in [4.69, 9.17) is 4.52 Å². The van der Waals surface area contributed by atoms with E-state index < -0.39 is 0 Å². The number of amides is 1. The Hall–Kier alpha value is -1.44. The summed E-state index contributed by atoms with van der Waals surface area (Å²) in [6, 6.07) is 2.11. The maximum Gasteiger partial charge on any atom is 0.276 e. The SMILES string of the molecule is O=C(c1cc(CN2CCC(O)CC2)on1)N1CCCCC1CN1CCCC1. The molecule has 3 fully saturated rings. The first kappa shape index (κ1) is 18.9. The van der Waals surface area contributed by atoms with Crippen molar-refractivity contribution >= 4 is 5.91 Å². The van der Waals surface area contributed by atoms with Crippen LogP contribution in [0.25, 0.3) is 0 Å². The molecule has 0 saturated carbocycles. The van der Waals surface area contributed by atoms with E-state index in [9.17, 15) is 9.90 Å². The number of hydrogen-bond donors (Lipinski definition) is 1. The van der Waals surface area contributed by atoms with Gasteiger partial charge in [-0.2, -0.15) is 0 Å². The molecule has 4 heterocycles. The van der Waals surface area contributed by atoms with Gasteiger partial charge >= 0.3 is 0 Å². The molecule has 150 valence electrons. The van der Waals surface area contributed by atoms with Crippen LogP contribution < -0.4 is 0 Å². The molecule has 4 rings (SSSR count). The highest BCUT2D eigenvalue weighted by Crippen LogP contribution is 2.23. The molecular weight excluding hydrogens is 344 g/mol. The Labute approximate surface area is 161 Å². The van der Waals surface area contributed by atoms with Gasteiger partial charge in [-0.15, -0.1) is 0 Å². The van der Waals surface area contributed by atoms with E-state index in [0.29, 0.717) is 18.3 Å². The minimum Gasteiger partial charge on any atom is -0.393 e. The standard InChI is InChI=1S/C20H32N4O3/c25-17-6-11-23(12-7-17)15-18-13-19(21-27-18)20(26)24-10-2-1-5-16(24)14-22-8-3-4-9-22/h13,16-17,25H,1-12,14-15H2. The van der Waals surface area contributed by atoms with Crippen molar-refractivity contribution in [3.63, 3.8) is 0 Å². The highest BCUT2D eigenvalue weighted by Gasteiger charge is 2.31. The summed E-state index contributed by atoms with van der Waals surface area (Å²) in [5.74, 6) is 0.755. The van der Waals surface area contributed by atoms with Gasteiger partial charge in [0, 0.05) is 38.3 Å². The van der Waals surface area contributed by atoms with Crippen LogP contribution in [0.2, 0.25) is 0 Å². The Morgan fingerprint density at radius 2 is 1.78 bits per heavy atom. The maximum atomic E-state index is 13.1. The van der Waals surface area contributed by atoms with Gasteiger partial charge in [-0.1, -0.05) is 5.16 Å². The second-order valence-electron chi connectivity index (χ2n) is 8.34. The van der Waals surface area contributed by atoms with Crippen LogP contribution in [0.15, 0.2) is 10.6 Å². The van der Waals surface area contributed by atoms with Gasteiger partial charge in [0.25, 0.3) is 5.91 Å². The minimum absolute atomic E-state index is 0.0166. The zero-order valence-corrected chi connectivity index (χ0v) is 16.2. The second kappa shape index (κ2) is 8.71. The van der Waals surface area contributed by atoms with Crippen LogP contribution in [-0.4, -0.2) is 82.3 Å². The van der Waals surface area contributed by atoms with Crippen molar-refractivity contribution in [3.8, 4) is 0 Å². The molecule has 3 aliphatic heterocycles. The highest BCUT2D eigenvalue weighted by molar-refractivity contribution is 5.92. The van der Waals surface area contributed by atoms with Crippen LogP contribution >= 0.6 is 0 Å². The van der Waals surface area contributed by atoms with Crippen molar-refractivity contribution < 1.29 is 14.4 Å². The summed E-state index contributed by atoms with van der Waals surface area (Å²) < 4.78 is 5.46. The number of carbonyl (C=O) groups excluding carboxylic acids is 1. The number of nitrogens with zero attached hydrogens (tertiary/aromatic N) is 4. The number of aliphatic hydroxyl groups is 1. The minimum atomic E-state index is -0.181. The summed E-state index contributed by atoms with van der Waals surface area (Å²) in [4.78, 5) is 19.8. The lowest BCUT2D eigenvalue weighted by molar-refractivity contribution is 0.0549. The molecule has 1 N–H and O–H groups in total. The van der Waals surface area contributed by atoms with Crippen molar-refractivity contribution in [1.82, 2.24) is 19.9 Å². The van der Waals surface area contributed by atoms with E-state index in [0.717, 1.165) is 70.7 Å². The summed E-state index contributed by atoms with van der Waals surface area (Å²) in [5.41, 5.74) is 0.440. The lowest BCUT2D eigenvalue weighted by atomic mass is 10.0. The smallest absolute Gasteiger partial charge is 0.276 e. The maximum absolute atomic E-state index is 13.1. The van der Waals surface area contributed by atoms with Gasteiger partial charge < -0.3 is 19.4 Å². The highest BCUT2D eigenvalue weighted by atomic mass is 16.5. The average molecular weight is 377 g/mol. The number of carbonyl (C=O) groups is 1. The van der Waals surface area contributed by atoms with Gasteiger partial charge in [0.2, 0.25) is 0 Å². The van der Waals surface area contributed by atoms with E-state index in [-0.39, 0.29) is 12.0 Å². The predicted octanol–water partition coefficient (Wildman–Crippen LogP) is 1.72. The van der Waals surface area contributed by atoms with E-state index in [1.165, 1.54) is 19.3 Å². The molecule has 3 aliphatic rings. The average Bonchev–Trinajstić information content (AvgIpc) is 3.36. The van der Waals surface area contributed by atoms with Crippen molar-refractivity contribution in [2.45, 2.75) is 63.6 Å². The zero-order chi connectivity index (χ0) is 18.6. The van der Waals surface area contributed by atoms with Crippen LogP contribution in [0.3, 0.4) is 0 Å². The molecule has 7 nitrogen and oxygen atoms in total.